The number of rotatable bonds is 4. The topological polar surface area (TPSA) is 45.2 Å². The van der Waals surface area contributed by atoms with E-state index in [2.05, 4.69) is 15.2 Å². The van der Waals surface area contributed by atoms with E-state index in [0.29, 0.717) is 6.42 Å². The molecular weight excluding hydrogens is 294 g/mol. The van der Waals surface area contributed by atoms with Gasteiger partial charge in [-0.3, -0.25) is 4.79 Å². The molecule has 1 fully saturated rings. The van der Waals surface area contributed by atoms with Gasteiger partial charge < -0.3 is 10.2 Å². The van der Waals surface area contributed by atoms with Gasteiger partial charge in [0.05, 0.1) is 6.42 Å². The fourth-order valence-electron chi connectivity index (χ4n) is 2.86. The molecule has 0 bridgehead atoms. The van der Waals surface area contributed by atoms with Crippen LogP contribution in [0.3, 0.4) is 0 Å². The maximum absolute atomic E-state index is 12.1. The molecule has 0 aliphatic carbocycles. The molecule has 2 aromatic rings. The minimum absolute atomic E-state index is 0.117. The second-order valence-corrected chi connectivity index (χ2v) is 6.78. The second-order valence-electron chi connectivity index (χ2n) is 5.75. The molecule has 0 spiro atoms. The molecule has 5 heteroatoms. The first kappa shape index (κ1) is 15.0. The molecule has 0 radical (unpaired) electrons. The van der Waals surface area contributed by atoms with Crippen LogP contribution < -0.4 is 10.2 Å². The van der Waals surface area contributed by atoms with E-state index in [-0.39, 0.29) is 11.9 Å². The number of carbonyl (C=O) groups excluding carboxylic acids is 1. The lowest BCUT2D eigenvalue weighted by Crippen LogP contribution is -2.48. The summed E-state index contributed by atoms with van der Waals surface area (Å²) in [6, 6.07) is 10.3. The number of nitrogens with one attached hydrogen (secondary N) is 1. The van der Waals surface area contributed by atoms with Crippen LogP contribution in [0.1, 0.15) is 23.4 Å². The first-order valence-electron chi connectivity index (χ1n) is 7.71. The van der Waals surface area contributed by atoms with Crippen LogP contribution in [-0.2, 0) is 11.2 Å². The van der Waals surface area contributed by atoms with Crippen LogP contribution in [0, 0.1) is 6.92 Å². The van der Waals surface area contributed by atoms with Crippen molar-refractivity contribution in [2.45, 2.75) is 32.2 Å². The molecule has 0 saturated carbocycles. The number of aromatic nitrogens is 1. The van der Waals surface area contributed by atoms with Crippen molar-refractivity contribution >= 4 is 23.1 Å². The van der Waals surface area contributed by atoms with E-state index in [1.54, 1.807) is 11.3 Å². The number of hydrogen-bond acceptors (Lipinski definition) is 4. The number of pyridine rings is 1. The van der Waals surface area contributed by atoms with Gasteiger partial charge in [-0.25, -0.2) is 4.98 Å². The average Bonchev–Trinajstić information content (AvgIpc) is 3.00. The molecule has 4 nitrogen and oxygen atoms in total. The van der Waals surface area contributed by atoms with Crippen LogP contribution in [-0.4, -0.2) is 30.0 Å². The number of aryl methyl sites for hydroxylation is 1. The third-order valence-electron chi connectivity index (χ3n) is 3.90. The van der Waals surface area contributed by atoms with Gasteiger partial charge >= 0.3 is 0 Å². The highest BCUT2D eigenvalue weighted by Gasteiger charge is 2.22. The molecule has 1 amide bonds. The van der Waals surface area contributed by atoms with Crippen LogP contribution in [0.25, 0.3) is 0 Å². The Labute approximate surface area is 135 Å². The van der Waals surface area contributed by atoms with Gasteiger partial charge in [0.1, 0.15) is 5.82 Å². The fraction of sp³-hybridized carbons (Fsp3) is 0.412. The summed E-state index contributed by atoms with van der Waals surface area (Å²) in [5.74, 6) is 1.13. The zero-order valence-corrected chi connectivity index (χ0v) is 13.6. The minimum atomic E-state index is 0.117. The lowest BCUT2D eigenvalue weighted by molar-refractivity contribution is -0.121. The van der Waals surface area contributed by atoms with Crippen LogP contribution >= 0.6 is 11.3 Å². The predicted molar refractivity (Wildman–Crippen MR) is 90.4 cm³/mol. The van der Waals surface area contributed by atoms with Crippen molar-refractivity contribution in [3.63, 3.8) is 0 Å². The van der Waals surface area contributed by atoms with Crippen LogP contribution in [0.4, 0.5) is 5.82 Å². The summed E-state index contributed by atoms with van der Waals surface area (Å²) in [5.41, 5.74) is 1.03. The SMILES string of the molecule is Cc1cccc(N2CCCC(NC(=O)Cc3cccs3)C2)n1. The van der Waals surface area contributed by atoms with Crippen molar-refractivity contribution < 1.29 is 4.79 Å². The summed E-state index contributed by atoms with van der Waals surface area (Å²) >= 11 is 1.63. The van der Waals surface area contributed by atoms with E-state index >= 15 is 0 Å². The Hall–Kier alpha value is -1.88. The van der Waals surface area contributed by atoms with Crippen molar-refractivity contribution in [1.29, 1.82) is 0 Å². The van der Waals surface area contributed by atoms with E-state index < -0.39 is 0 Å². The van der Waals surface area contributed by atoms with Crippen molar-refractivity contribution in [3.05, 3.63) is 46.3 Å². The maximum atomic E-state index is 12.1. The molecule has 116 valence electrons. The van der Waals surface area contributed by atoms with Crippen LogP contribution in [0.2, 0.25) is 0 Å². The predicted octanol–water partition coefficient (Wildman–Crippen LogP) is 2.78. The van der Waals surface area contributed by atoms with Gasteiger partial charge in [-0.2, -0.15) is 0 Å². The van der Waals surface area contributed by atoms with Crippen LogP contribution in [0.5, 0.6) is 0 Å². The van der Waals surface area contributed by atoms with Crippen LogP contribution in [0.15, 0.2) is 35.7 Å². The highest BCUT2D eigenvalue weighted by molar-refractivity contribution is 7.10. The smallest absolute Gasteiger partial charge is 0.225 e. The van der Waals surface area contributed by atoms with Gasteiger partial charge in [-0.1, -0.05) is 12.1 Å². The molecule has 1 saturated heterocycles. The van der Waals surface area contributed by atoms with Gasteiger partial charge in [0.25, 0.3) is 0 Å². The number of carbonyl (C=O) groups is 1. The first-order valence-corrected chi connectivity index (χ1v) is 8.59. The molecule has 3 rings (SSSR count). The molecule has 1 aliphatic heterocycles. The Morgan fingerprint density at radius 3 is 3.09 bits per heavy atom. The monoisotopic (exact) mass is 315 g/mol. The number of anilines is 1. The van der Waals surface area contributed by atoms with Crippen molar-refractivity contribution in [1.82, 2.24) is 10.3 Å². The summed E-state index contributed by atoms with van der Waals surface area (Å²) in [6.07, 6.45) is 2.61. The third-order valence-corrected chi connectivity index (χ3v) is 4.78. The quantitative estimate of drug-likeness (QED) is 0.943. The molecule has 1 N–H and O–H groups in total. The van der Waals surface area contributed by atoms with Gasteiger partial charge in [-0.05, 0) is 43.3 Å². The fourth-order valence-corrected chi connectivity index (χ4v) is 3.56. The lowest BCUT2D eigenvalue weighted by Gasteiger charge is -2.34. The standard InChI is InChI=1S/C17H21N3OS/c1-13-5-2-8-16(18-13)20-9-3-6-14(12-20)19-17(21)11-15-7-4-10-22-15/h2,4-5,7-8,10,14H,3,6,9,11-12H2,1H3,(H,19,21). The zero-order chi connectivity index (χ0) is 15.4. The van der Waals surface area contributed by atoms with Crippen molar-refractivity contribution in [3.8, 4) is 0 Å². The second kappa shape index (κ2) is 6.92. The Bertz CT molecular complexity index is 627. The Kier molecular flexibility index (Phi) is 4.73. The number of nitrogens with zero attached hydrogens (tertiary/aromatic N) is 2. The Balaban J connectivity index is 1.57. The number of hydrogen-bond donors (Lipinski definition) is 1. The summed E-state index contributed by atoms with van der Waals surface area (Å²) in [6.45, 7) is 3.86. The van der Waals surface area contributed by atoms with E-state index in [1.807, 2.05) is 42.6 Å². The van der Waals surface area contributed by atoms with Crippen molar-refractivity contribution in [2.24, 2.45) is 0 Å². The van der Waals surface area contributed by atoms with Gasteiger partial charge in [-0.15, -0.1) is 11.3 Å². The van der Waals surface area contributed by atoms with E-state index in [9.17, 15) is 4.79 Å². The molecule has 1 aliphatic rings. The summed E-state index contributed by atoms with van der Waals surface area (Å²) in [4.78, 5) is 20.1. The molecule has 3 heterocycles. The first-order chi connectivity index (χ1) is 10.7. The van der Waals surface area contributed by atoms with Gasteiger partial charge in [0.15, 0.2) is 0 Å². The normalized spacial score (nSPS) is 18.2. The summed E-state index contributed by atoms with van der Waals surface area (Å²) < 4.78 is 0. The molecule has 1 unspecified atom stereocenters. The van der Waals surface area contributed by atoms with Gasteiger partial charge in [0.2, 0.25) is 5.91 Å². The highest BCUT2D eigenvalue weighted by Crippen LogP contribution is 2.18. The zero-order valence-electron chi connectivity index (χ0n) is 12.8. The van der Waals surface area contributed by atoms with E-state index in [0.717, 1.165) is 42.3 Å². The summed E-state index contributed by atoms with van der Waals surface area (Å²) in [7, 11) is 0. The number of piperidine rings is 1. The third kappa shape index (κ3) is 3.85. The highest BCUT2D eigenvalue weighted by atomic mass is 32.1. The largest absolute Gasteiger partial charge is 0.355 e. The number of thiophene rings is 1. The lowest BCUT2D eigenvalue weighted by atomic mass is 10.1. The molecular formula is C17H21N3OS. The number of amides is 1. The maximum Gasteiger partial charge on any atom is 0.225 e. The molecule has 0 aromatic carbocycles. The molecule has 22 heavy (non-hydrogen) atoms. The molecule has 2 aromatic heterocycles. The summed E-state index contributed by atoms with van der Waals surface area (Å²) in [5, 5.41) is 5.18. The van der Waals surface area contributed by atoms with Crippen molar-refractivity contribution in [2.75, 3.05) is 18.0 Å². The Morgan fingerprint density at radius 2 is 2.32 bits per heavy atom. The van der Waals surface area contributed by atoms with Gasteiger partial charge in [0, 0.05) is 29.7 Å². The average molecular weight is 315 g/mol. The minimum Gasteiger partial charge on any atom is -0.355 e. The Morgan fingerprint density at radius 1 is 1.41 bits per heavy atom. The molecule has 1 atom stereocenters. The van der Waals surface area contributed by atoms with E-state index in [4.69, 9.17) is 0 Å². The van der Waals surface area contributed by atoms with E-state index in [1.165, 1.54) is 0 Å².